The van der Waals surface area contributed by atoms with E-state index in [0.717, 1.165) is 12.8 Å². The average molecular weight is 213 g/mol. The van der Waals surface area contributed by atoms with Gasteiger partial charge in [0.2, 0.25) is 5.91 Å². The SMILES string of the molecule is O=C(O)CCCCCN1CC(=O)CC1=O. The molecule has 1 amide bonds. The molecule has 84 valence electrons. The van der Waals surface area contributed by atoms with Gasteiger partial charge in [0.05, 0.1) is 13.0 Å². The molecule has 0 aliphatic carbocycles. The first kappa shape index (κ1) is 11.7. The maximum Gasteiger partial charge on any atom is 0.303 e. The molecule has 0 aromatic rings. The van der Waals surface area contributed by atoms with E-state index < -0.39 is 5.97 Å². The van der Waals surface area contributed by atoms with E-state index in [4.69, 9.17) is 5.11 Å². The maximum atomic E-state index is 11.2. The predicted molar refractivity (Wildman–Crippen MR) is 52.3 cm³/mol. The van der Waals surface area contributed by atoms with E-state index in [9.17, 15) is 14.4 Å². The molecule has 5 heteroatoms. The number of amides is 1. The lowest BCUT2D eigenvalue weighted by Crippen LogP contribution is -2.26. The topological polar surface area (TPSA) is 74.7 Å². The number of carbonyl (C=O) groups is 3. The number of likely N-dealkylation sites (tertiary alicyclic amines) is 1. The van der Waals surface area contributed by atoms with Gasteiger partial charge in [-0.25, -0.2) is 0 Å². The molecule has 1 fully saturated rings. The van der Waals surface area contributed by atoms with Crippen molar-refractivity contribution in [2.24, 2.45) is 0 Å². The Kier molecular flexibility index (Phi) is 4.27. The van der Waals surface area contributed by atoms with Gasteiger partial charge in [0, 0.05) is 13.0 Å². The first-order valence-corrected chi connectivity index (χ1v) is 5.11. The summed E-state index contributed by atoms with van der Waals surface area (Å²) in [6.07, 6.45) is 2.39. The Balaban J connectivity index is 2.08. The van der Waals surface area contributed by atoms with Crippen LogP contribution in [0.2, 0.25) is 0 Å². The van der Waals surface area contributed by atoms with Crippen LogP contribution in [0.15, 0.2) is 0 Å². The Morgan fingerprint density at radius 1 is 1.27 bits per heavy atom. The van der Waals surface area contributed by atoms with Gasteiger partial charge in [0.1, 0.15) is 0 Å². The second-order valence-electron chi connectivity index (χ2n) is 3.74. The molecular weight excluding hydrogens is 198 g/mol. The van der Waals surface area contributed by atoms with Crippen LogP contribution in [0.4, 0.5) is 0 Å². The Morgan fingerprint density at radius 2 is 2.00 bits per heavy atom. The summed E-state index contributed by atoms with van der Waals surface area (Å²) in [6, 6.07) is 0. The normalized spacial score (nSPS) is 16.1. The Morgan fingerprint density at radius 3 is 2.53 bits per heavy atom. The number of rotatable bonds is 6. The van der Waals surface area contributed by atoms with Crippen LogP contribution in [0.25, 0.3) is 0 Å². The van der Waals surface area contributed by atoms with E-state index in [1.165, 1.54) is 0 Å². The first-order valence-electron chi connectivity index (χ1n) is 5.11. The summed E-state index contributed by atoms with van der Waals surface area (Å²) in [7, 11) is 0. The third-order valence-corrected chi connectivity index (χ3v) is 2.39. The van der Waals surface area contributed by atoms with Crippen LogP contribution in [0, 0.1) is 0 Å². The number of ketones is 1. The molecule has 1 aliphatic heterocycles. The second kappa shape index (κ2) is 5.48. The van der Waals surface area contributed by atoms with Crippen molar-refractivity contribution < 1.29 is 19.5 Å². The Bertz CT molecular complexity index is 275. The van der Waals surface area contributed by atoms with E-state index in [2.05, 4.69) is 0 Å². The van der Waals surface area contributed by atoms with Crippen molar-refractivity contribution in [1.82, 2.24) is 4.90 Å². The molecule has 0 radical (unpaired) electrons. The minimum atomic E-state index is -0.789. The van der Waals surface area contributed by atoms with Gasteiger partial charge >= 0.3 is 5.97 Å². The molecule has 0 saturated carbocycles. The molecule has 5 nitrogen and oxygen atoms in total. The zero-order valence-corrected chi connectivity index (χ0v) is 8.57. The van der Waals surface area contributed by atoms with Gasteiger partial charge in [-0.1, -0.05) is 6.42 Å². The van der Waals surface area contributed by atoms with Gasteiger partial charge in [0.25, 0.3) is 0 Å². The fourth-order valence-corrected chi connectivity index (χ4v) is 1.60. The second-order valence-corrected chi connectivity index (χ2v) is 3.74. The van der Waals surface area contributed by atoms with Gasteiger partial charge in [-0.05, 0) is 12.8 Å². The molecule has 0 bridgehead atoms. The predicted octanol–water partition coefficient (Wildman–Crippen LogP) is 0.433. The quantitative estimate of drug-likeness (QED) is 0.513. The van der Waals surface area contributed by atoms with Crippen LogP contribution in [0.1, 0.15) is 32.1 Å². The number of nitrogens with zero attached hydrogens (tertiary/aromatic N) is 1. The summed E-state index contributed by atoms with van der Waals surface area (Å²) in [5.74, 6) is -0.911. The lowest BCUT2D eigenvalue weighted by Gasteiger charge is -2.13. The molecule has 1 heterocycles. The van der Waals surface area contributed by atoms with Crippen molar-refractivity contribution in [2.75, 3.05) is 13.1 Å². The van der Waals surface area contributed by atoms with Crippen LogP contribution in [-0.2, 0) is 14.4 Å². The molecule has 1 N–H and O–H groups in total. The first-order chi connectivity index (χ1) is 7.09. The molecule has 0 atom stereocenters. The highest BCUT2D eigenvalue weighted by Crippen LogP contribution is 2.09. The number of carboxylic acids is 1. The summed E-state index contributed by atoms with van der Waals surface area (Å²) in [4.78, 5) is 33.8. The third kappa shape index (κ3) is 4.10. The van der Waals surface area contributed by atoms with E-state index >= 15 is 0 Å². The fourth-order valence-electron chi connectivity index (χ4n) is 1.60. The van der Waals surface area contributed by atoms with E-state index in [1.807, 2.05) is 0 Å². The van der Waals surface area contributed by atoms with Crippen LogP contribution >= 0.6 is 0 Å². The van der Waals surface area contributed by atoms with Crippen molar-refractivity contribution in [3.63, 3.8) is 0 Å². The lowest BCUT2D eigenvalue weighted by molar-refractivity contribution is -0.137. The summed E-state index contributed by atoms with van der Waals surface area (Å²) >= 11 is 0. The zero-order valence-electron chi connectivity index (χ0n) is 8.57. The van der Waals surface area contributed by atoms with Crippen molar-refractivity contribution >= 4 is 17.7 Å². The number of hydrogen-bond donors (Lipinski definition) is 1. The molecule has 0 spiro atoms. The standard InChI is InChI=1S/C10H15NO4/c12-8-6-9(13)11(7-8)5-3-1-2-4-10(14)15/h1-7H2,(H,14,15). The average Bonchev–Trinajstić information content (AvgIpc) is 2.44. The zero-order chi connectivity index (χ0) is 11.3. The molecule has 1 rings (SSSR count). The van der Waals surface area contributed by atoms with Crippen molar-refractivity contribution in [3.8, 4) is 0 Å². The largest absolute Gasteiger partial charge is 0.481 e. The smallest absolute Gasteiger partial charge is 0.303 e. The third-order valence-electron chi connectivity index (χ3n) is 2.39. The summed E-state index contributed by atoms with van der Waals surface area (Å²) in [6.45, 7) is 0.807. The maximum absolute atomic E-state index is 11.2. The molecular formula is C10H15NO4. The molecule has 1 aliphatic rings. The van der Waals surface area contributed by atoms with Crippen LogP contribution in [0.3, 0.4) is 0 Å². The van der Waals surface area contributed by atoms with E-state index in [0.29, 0.717) is 13.0 Å². The van der Waals surface area contributed by atoms with E-state index in [-0.39, 0.29) is 31.1 Å². The van der Waals surface area contributed by atoms with Crippen molar-refractivity contribution in [1.29, 1.82) is 0 Å². The Hall–Kier alpha value is -1.39. The molecule has 0 aromatic carbocycles. The summed E-state index contributed by atoms with van der Waals surface area (Å²) in [5, 5.41) is 8.39. The number of unbranched alkanes of at least 4 members (excludes halogenated alkanes) is 2. The van der Waals surface area contributed by atoms with Crippen LogP contribution in [0.5, 0.6) is 0 Å². The number of carbonyl (C=O) groups excluding carboxylic acids is 2. The van der Waals surface area contributed by atoms with Crippen LogP contribution in [-0.4, -0.2) is 40.8 Å². The molecule has 0 unspecified atom stereocenters. The van der Waals surface area contributed by atoms with Crippen LogP contribution < -0.4 is 0 Å². The minimum Gasteiger partial charge on any atom is -0.481 e. The number of aliphatic carboxylic acids is 1. The van der Waals surface area contributed by atoms with E-state index in [1.54, 1.807) is 4.90 Å². The van der Waals surface area contributed by atoms with Gasteiger partial charge in [-0.3, -0.25) is 14.4 Å². The van der Waals surface area contributed by atoms with Gasteiger partial charge < -0.3 is 10.0 Å². The molecule has 1 saturated heterocycles. The molecule has 15 heavy (non-hydrogen) atoms. The highest BCUT2D eigenvalue weighted by Gasteiger charge is 2.26. The molecule has 0 aromatic heterocycles. The number of carboxylic acid groups (broad SMARTS) is 1. The monoisotopic (exact) mass is 213 g/mol. The van der Waals surface area contributed by atoms with Gasteiger partial charge in [-0.15, -0.1) is 0 Å². The number of hydrogen-bond acceptors (Lipinski definition) is 3. The van der Waals surface area contributed by atoms with Crippen molar-refractivity contribution in [2.45, 2.75) is 32.1 Å². The summed E-state index contributed by atoms with van der Waals surface area (Å²) < 4.78 is 0. The van der Waals surface area contributed by atoms with Gasteiger partial charge in [0.15, 0.2) is 5.78 Å². The summed E-state index contributed by atoms with van der Waals surface area (Å²) in [5.41, 5.74) is 0. The number of Topliss-reactive ketones (excluding diaryl/α,β-unsaturated/α-hetero) is 1. The van der Waals surface area contributed by atoms with Gasteiger partial charge in [-0.2, -0.15) is 0 Å². The minimum absolute atomic E-state index is 0.0227. The lowest BCUT2D eigenvalue weighted by atomic mass is 10.2. The Labute approximate surface area is 88.1 Å². The highest BCUT2D eigenvalue weighted by atomic mass is 16.4. The fraction of sp³-hybridized carbons (Fsp3) is 0.700. The highest BCUT2D eigenvalue weighted by molar-refractivity contribution is 6.05. The van der Waals surface area contributed by atoms with Crippen molar-refractivity contribution in [3.05, 3.63) is 0 Å².